The summed E-state index contributed by atoms with van der Waals surface area (Å²) in [6.07, 6.45) is 9.39. The van der Waals surface area contributed by atoms with Gasteiger partial charge in [-0.3, -0.25) is 0 Å². The summed E-state index contributed by atoms with van der Waals surface area (Å²) in [7, 11) is 0. The zero-order chi connectivity index (χ0) is 17.8. The van der Waals surface area contributed by atoms with E-state index in [1.165, 1.54) is 5.56 Å². The van der Waals surface area contributed by atoms with Crippen LogP contribution in [-0.2, 0) is 0 Å². The standard InChI is InChI=1S/C19H21N7/c1-14-20-10-6-18(24-14)26-11-2-4-16(13-26)15-5-9-21-17(12-15)25-19-22-7-3-8-23-19/h3,5-10,12,16H,2,4,11,13H2,1H3,(H,21,22,23,25)/t16-/m0/s1. The van der Waals surface area contributed by atoms with Crippen LogP contribution in [0.5, 0.6) is 0 Å². The lowest BCUT2D eigenvalue weighted by Crippen LogP contribution is -2.35. The number of nitrogens with one attached hydrogen (secondary N) is 1. The van der Waals surface area contributed by atoms with Crippen LogP contribution in [0.3, 0.4) is 0 Å². The van der Waals surface area contributed by atoms with Gasteiger partial charge in [-0.05, 0) is 49.6 Å². The molecule has 4 heterocycles. The molecule has 26 heavy (non-hydrogen) atoms. The van der Waals surface area contributed by atoms with Crippen molar-refractivity contribution >= 4 is 17.6 Å². The molecule has 1 atom stereocenters. The maximum atomic E-state index is 4.57. The molecule has 3 aromatic heterocycles. The van der Waals surface area contributed by atoms with Crippen molar-refractivity contribution < 1.29 is 0 Å². The topological polar surface area (TPSA) is 79.7 Å². The van der Waals surface area contributed by atoms with Gasteiger partial charge in [-0.15, -0.1) is 0 Å². The van der Waals surface area contributed by atoms with Crippen molar-refractivity contribution in [2.45, 2.75) is 25.7 Å². The summed E-state index contributed by atoms with van der Waals surface area (Å²) < 4.78 is 0. The van der Waals surface area contributed by atoms with Crippen molar-refractivity contribution in [2.75, 3.05) is 23.3 Å². The first-order chi connectivity index (χ1) is 12.8. The number of aromatic nitrogens is 5. The molecule has 132 valence electrons. The fourth-order valence-electron chi connectivity index (χ4n) is 3.32. The van der Waals surface area contributed by atoms with Gasteiger partial charge in [0.2, 0.25) is 5.95 Å². The summed E-state index contributed by atoms with van der Waals surface area (Å²) in [4.78, 5) is 23.9. The largest absolute Gasteiger partial charge is 0.356 e. The molecule has 4 rings (SSSR count). The molecule has 0 aromatic carbocycles. The third kappa shape index (κ3) is 3.77. The van der Waals surface area contributed by atoms with Crippen molar-refractivity contribution in [2.24, 2.45) is 0 Å². The molecule has 1 aliphatic heterocycles. The van der Waals surface area contributed by atoms with Crippen LogP contribution in [0.2, 0.25) is 0 Å². The minimum absolute atomic E-state index is 0.444. The maximum absolute atomic E-state index is 4.57. The third-order valence-electron chi connectivity index (χ3n) is 4.57. The highest BCUT2D eigenvalue weighted by molar-refractivity contribution is 5.49. The van der Waals surface area contributed by atoms with E-state index in [1.54, 1.807) is 18.5 Å². The van der Waals surface area contributed by atoms with Gasteiger partial charge in [0.15, 0.2) is 0 Å². The number of anilines is 3. The van der Waals surface area contributed by atoms with Crippen molar-refractivity contribution in [1.29, 1.82) is 0 Å². The first kappa shape index (κ1) is 16.4. The van der Waals surface area contributed by atoms with Crippen LogP contribution in [0.15, 0.2) is 49.1 Å². The Labute approximate surface area is 152 Å². The molecule has 0 spiro atoms. The third-order valence-corrected chi connectivity index (χ3v) is 4.57. The average Bonchev–Trinajstić information content (AvgIpc) is 2.69. The molecule has 3 aromatic rings. The second-order valence-electron chi connectivity index (χ2n) is 6.42. The fourth-order valence-corrected chi connectivity index (χ4v) is 3.32. The monoisotopic (exact) mass is 347 g/mol. The number of aryl methyl sites for hydroxylation is 1. The lowest BCUT2D eigenvalue weighted by Gasteiger charge is -2.34. The summed E-state index contributed by atoms with van der Waals surface area (Å²) in [5.41, 5.74) is 1.27. The van der Waals surface area contributed by atoms with Gasteiger partial charge >= 0.3 is 0 Å². The van der Waals surface area contributed by atoms with Gasteiger partial charge in [-0.2, -0.15) is 0 Å². The second-order valence-corrected chi connectivity index (χ2v) is 6.42. The highest BCUT2D eigenvalue weighted by Gasteiger charge is 2.23. The lowest BCUT2D eigenvalue weighted by molar-refractivity contribution is 0.506. The van der Waals surface area contributed by atoms with E-state index in [2.05, 4.69) is 47.3 Å². The van der Waals surface area contributed by atoms with E-state index in [0.29, 0.717) is 11.9 Å². The van der Waals surface area contributed by atoms with E-state index in [9.17, 15) is 0 Å². The number of pyridine rings is 1. The Balaban J connectivity index is 1.51. The molecule has 0 amide bonds. The van der Waals surface area contributed by atoms with Crippen LogP contribution in [0.25, 0.3) is 0 Å². The molecule has 1 N–H and O–H groups in total. The van der Waals surface area contributed by atoms with E-state index < -0.39 is 0 Å². The van der Waals surface area contributed by atoms with Crippen molar-refractivity contribution in [3.63, 3.8) is 0 Å². The number of hydrogen-bond donors (Lipinski definition) is 1. The number of hydrogen-bond acceptors (Lipinski definition) is 7. The lowest BCUT2D eigenvalue weighted by atomic mass is 9.91. The van der Waals surface area contributed by atoms with Gasteiger partial charge in [0.1, 0.15) is 17.5 Å². The molecule has 0 unspecified atom stereocenters. The first-order valence-electron chi connectivity index (χ1n) is 8.82. The van der Waals surface area contributed by atoms with Gasteiger partial charge in [0.25, 0.3) is 0 Å². The molecular weight excluding hydrogens is 326 g/mol. The summed E-state index contributed by atoms with van der Waals surface area (Å²) in [6.45, 7) is 3.90. The Morgan fingerprint density at radius 1 is 1.04 bits per heavy atom. The zero-order valence-electron chi connectivity index (χ0n) is 14.7. The van der Waals surface area contributed by atoms with Crippen LogP contribution in [-0.4, -0.2) is 38.0 Å². The second kappa shape index (κ2) is 7.43. The van der Waals surface area contributed by atoms with E-state index >= 15 is 0 Å². The van der Waals surface area contributed by atoms with E-state index in [1.807, 2.05) is 25.4 Å². The van der Waals surface area contributed by atoms with E-state index in [4.69, 9.17) is 0 Å². The van der Waals surface area contributed by atoms with Crippen molar-refractivity contribution in [1.82, 2.24) is 24.9 Å². The van der Waals surface area contributed by atoms with E-state index in [-0.39, 0.29) is 0 Å². The average molecular weight is 347 g/mol. The van der Waals surface area contributed by atoms with Crippen LogP contribution < -0.4 is 10.2 Å². The zero-order valence-corrected chi connectivity index (χ0v) is 14.7. The SMILES string of the molecule is Cc1nccc(N2CCC[C@H](c3ccnc(Nc4ncccn4)c3)C2)n1. The Hall–Kier alpha value is -3.09. The normalized spacial score (nSPS) is 17.1. The summed E-state index contributed by atoms with van der Waals surface area (Å²) in [5, 5.41) is 3.17. The van der Waals surface area contributed by atoms with Crippen LogP contribution >= 0.6 is 0 Å². The summed E-state index contributed by atoms with van der Waals surface area (Å²) in [6, 6.07) is 7.97. The van der Waals surface area contributed by atoms with Crippen molar-refractivity contribution in [3.8, 4) is 0 Å². The Kier molecular flexibility index (Phi) is 4.68. The first-order valence-corrected chi connectivity index (χ1v) is 8.82. The smallest absolute Gasteiger partial charge is 0.228 e. The molecule has 1 fully saturated rings. The minimum Gasteiger partial charge on any atom is -0.356 e. The molecule has 0 saturated carbocycles. The predicted molar refractivity (Wildman–Crippen MR) is 101 cm³/mol. The molecular formula is C19H21N7. The van der Waals surface area contributed by atoms with Gasteiger partial charge in [-0.25, -0.2) is 24.9 Å². The Morgan fingerprint density at radius 2 is 1.88 bits per heavy atom. The Morgan fingerprint density at radius 3 is 2.73 bits per heavy atom. The van der Waals surface area contributed by atoms with Gasteiger partial charge < -0.3 is 10.2 Å². The Bertz CT molecular complexity index is 869. The summed E-state index contributed by atoms with van der Waals surface area (Å²) in [5.74, 6) is 3.58. The quantitative estimate of drug-likeness (QED) is 0.777. The predicted octanol–water partition coefficient (Wildman–Crippen LogP) is 3.10. The maximum Gasteiger partial charge on any atom is 0.228 e. The minimum atomic E-state index is 0.444. The van der Waals surface area contributed by atoms with Gasteiger partial charge in [0, 0.05) is 43.8 Å². The molecule has 1 aliphatic rings. The number of piperidine rings is 1. The number of rotatable bonds is 4. The molecule has 1 saturated heterocycles. The van der Waals surface area contributed by atoms with Crippen LogP contribution in [0, 0.1) is 6.92 Å². The van der Waals surface area contributed by atoms with E-state index in [0.717, 1.165) is 43.4 Å². The molecule has 7 heteroatoms. The van der Waals surface area contributed by atoms with Gasteiger partial charge in [0.05, 0.1) is 0 Å². The van der Waals surface area contributed by atoms with Crippen molar-refractivity contribution in [3.05, 3.63) is 60.4 Å². The van der Waals surface area contributed by atoms with Gasteiger partial charge in [-0.1, -0.05) is 0 Å². The number of nitrogens with zero attached hydrogens (tertiary/aromatic N) is 6. The fraction of sp³-hybridized carbons (Fsp3) is 0.316. The molecule has 7 nitrogen and oxygen atoms in total. The van der Waals surface area contributed by atoms with Crippen LogP contribution in [0.4, 0.5) is 17.6 Å². The molecule has 0 bridgehead atoms. The molecule has 0 radical (unpaired) electrons. The van der Waals surface area contributed by atoms with Crippen LogP contribution in [0.1, 0.15) is 30.1 Å². The summed E-state index contributed by atoms with van der Waals surface area (Å²) >= 11 is 0. The highest BCUT2D eigenvalue weighted by Crippen LogP contribution is 2.30. The molecule has 0 aliphatic carbocycles. The highest BCUT2D eigenvalue weighted by atomic mass is 15.2.